The second kappa shape index (κ2) is 11.0. The van der Waals surface area contributed by atoms with Crippen molar-refractivity contribution in [1.29, 1.82) is 0 Å². The highest BCUT2D eigenvalue weighted by atomic mass is 79.9. The highest BCUT2D eigenvalue weighted by Crippen LogP contribution is 2.30. The summed E-state index contributed by atoms with van der Waals surface area (Å²) < 4.78 is 31.9. The maximum absolute atomic E-state index is 13.3. The van der Waals surface area contributed by atoms with Gasteiger partial charge in [-0.25, -0.2) is 8.42 Å². The molecule has 0 aliphatic carbocycles. The van der Waals surface area contributed by atoms with Crippen molar-refractivity contribution < 1.29 is 22.7 Å². The lowest BCUT2D eigenvalue weighted by atomic mass is 10.1. The Morgan fingerprint density at radius 2 is 1.91 bits per heavy atom. The molecule has 0 saturated carbocycles. The standard InChI is InChI=1S/C21H25BrClN3O5S/c1-14(21(28)24-2)25(12-15-6-5-7-16(22)10-15)20(27)13-26(32(4,29)30)17-8-9-19(31-3)18(23)11-17/h5-11,14H,12-13H2,1-4H3,(H,24,28). The lowest BCUT2D eigenvalue weighted by Crippen LogP contribution is -2.50. The number of amides is 2. The van der Waals surface area contributed by atoms with Gasteiger partial charge in [0.25, 0.3) is 0 Å². The number of carbonyl (C=O) groups excluding carboxylic acids is 2. The highest BCUT2D eigenvalue weighted by Gasteiger charge is 2.30. The Bertz CT molecular complexity index is 1100. The van der Waals surface area contributed by atoms with Gasteiger partial charge in [-0.1, -0.05) is 39.7 Å². The topological polar surface area (TPSA) is 96.0 Å². The molecule has 0 aromatic heterocycles. The first-order valence-electron chi connectivity index (χ1n) is 9.54. The fraction of sp³-hybridized carbons (Fsp3) is 0.333. The van der Waals surface area contributed by atoms with Crippen LogP contribution in [0.25, 0.3) is 0 Å². The van der Waals surface area contributed by atoms with E-state index in [9.17, 15) is 18.0 Å². The van der Waals surface area contributed by atoms with Crippen molar-refractivity contribution >= 4 is 55.1 Å². The minimum absolute atomic E-state index is 0.119. The summed E-state index contributed by atoms with van der Waals surface area (Å²) in [7, 11) is -0.918. The summed E-state index contributed by atoms with van der Waals surface area (Å²) in [5, 5.41) is 2.73. The number of ether oxygens (including phenoxy) is 1. The van der Waals surface area contributed by atoms with E-state index in [4.69, 9.17) is 16.3 Å². The van der Waals surface area contributed by atoms with Gasteiger partial charge in [0.15, 0.2) is 0 Å². The summed E-state index contributed by atoms with van der Waals surface area (Å²) in [6, 6.07) is 10.9. The molecule has 8 nitrogen and oxygen atoms in total. The van der Waals surface area contributed by atoms with Crippen LogP contribution < -0.4 is 14.4 Å². The number of sulfonamides is 1. The summed E-state index contributed by atoms with van der Waals surface area (Å²) in [6.07, 6.45) is 0.999. The molecule has 0 radical (unpaired) electrons. The molecule has 11 heteroatoms. The number of anilines is 1. The van der Waals surface area contributed by atoms with Gasteiger partial charge < -0.3 is 15.0 Å². The monoisotopic (exact) mass is 545 g/mol. The number of likely N-dealkylation sites (N-methyl/N-ethyl adjacent to an activating group) is 1. The molecule has 0 bridgehead atoms. The highest BCUT2D eigenvalue weighted by molar-refractivity contribution is 9.10. The number of carbonyl (C=O) groups is 2. The largest absolute Gasteiger partial charge is 0.495 e. The second-order valence-electron chi connectivity index (χ2n) is 7.03. The molecule has 0 aliphatic rings. The molecular weight excluding hydrogens is 522 g/mol. The number of hydrogen-bond acceptors (Lipinski definition) is 5. The van der Waals surface area contributed by atoms with Gasteiger partial charge in [-0.3, -0.25) is 13.9 Å². The third kappa shape index (κ3) is 6.60. The van der Waals surface area contributed by atoms with E-state index in [-0.39, 0.29) is 23.2 Å². The molecule has 0 aliphatic heterocycles. The minimum Gasteiger partial charge on any atom is -0.495 e. The van der Waals surface area contributed by atoms with Crippen LogP contribution in [-0.4, -0.2) is 58.1 Å². The van der Waals surface area contributed by atoms with Crippen LogP contribution in [-0.2, 0) is 26.2 Å². The zero-order valence-corrected chi connectivity index (χ0v) is 21.3. The van der Waals surface area contributed by atoms with Gasteiger partial charge in [0.05, 0.1) is 24.1 Å². The van der Waals surface area contributed by atoms with Crippen molar-refractivity contribution in [3.8, 4) is 5.75 Å². The molecule has 2 amide bonds. The van der Waals surface area contributed by atoms with E-state index < -0.39 is 28.5 Å². The van der Waals surface area contributed by atoms with Crippen LogP contribution in [0, 0.1) is 0 Å². The predicted octanol–water partition coefficient (Wildman–Crippen LogP) is 3.04. The molecule has 2 aromatic rings. The summed E-state index contributed by atoms with van der Waals surface area (Å²) in [6.45, 7) is 1.20. The number of hydrogen-bond donors (Lipinski definition) is 1. The molecule has 0 fully saturated rings. The summed E-state index contributed by atoms with van der Waals surface area (Å²) in [4.78, 5) is 26.9. The molecule has 2 rings (SSSR count). The van der Waals surface area contributed by atoms with Gasteiger partial charge in [0.2, 0.25) is 21.8 Å². The van der Waals surface area contributed by atoms with Crippen molar-refractivity contribution in [1.82, 2.24) is 10.2 Å². The van der Waals surface area contributed by atoms with Crippen molar-refractivity contribution in [2.75, 3.05) is 31.3 Å². The molecule has 1 atom stereocenters. The number of nitrogens with zero attached hydrogens (tertiary/aromatic N) is 2. The number of nitrogens with one attached hydrogen (secondary N) is 1. The molecule has 32 heavy (non-hydrogen) atoms. The van der Waals surface area contributed by atoms with Crippen molar-refractivity contribution in [3.63, 3.8) is 0 Å². The molecule has 1 unspecified atom stereocenters. The Labute approximate surface area is 201 Å². The molecule has 0 heterocycles. The van der Waals surface area contributed by atoms with Gasteiger partial charge in [0.1, 0.15) is 18.3 Å². The van der Waals surface area contributed by atoms with E-state index in [1.165, 1.54) is 37.3 Å². The molecule has 2 aromatic carbocycles. The van der Waals surface area contributed by atoms with Gasteiger partial charge in [-0.2, -0.15) is 0 Å². The van der Waals surface area contributed by atoms with Crippen LogP contribution in [0.3, 0.4) is 0 Å². The number of methoxy groups -OCH3 is 1. The van der Waals surface area contributed by atoms with Crippen molar-refractivity contribution in [2.24, 2.45) is 0 Å². The van der Waals surface area contributed by atoms with E-state index in [1.807, 2.05) is 24.3 Å². The van der Waals surface area contributed by atoms with Gasteiger partial charge >= 0.3 is 0 Å². The number of rotatable bonds is 9. The first-order chi connectivity index (χ1) is 15.0. The third-order valence-corrected chi connectivity index (χ3v) is 6.69. The van der Waals surface area contributed by atoms with Crippen molar-refractivity contribution in [2.45, 2.75) is 19.5 Å². The lowest BCUT2D eigenvalue weighted by molar-refractivity contribution is -0.139. The minimum atomic E-state index is -3.84. The summed E-state index contributed by atoms with van der Waals surface area (Å²) >= 11 is 9.55. The third-order valence-electron chi connectivity index (χ3n) is 4.76. The molecule has 174 valence electrons. The van der Waals surface area contributed by atoms with E-state index in [2.05, 4.69) is 21.2 Å². The normalized spacial score (nSPS) is 12.1. The van der Waals surface area contributed by atoms with E-state index >= 15 is 0 Å². The maximum atomic E-state index is 13.3. The van der Waals surface area contributed by atoms with Gasteiger partial charge in [-0.15, -0.1) is 0 Å². The predicted molar refractivity (Wildman–Crippen MR) is 128 cm³/mol. The Hall–Kier alpha value is -2.30. The quantitative estimate of drug-likeness (QED) is 0.522. The van der Waals surface area contributed by atoms with Crippen molar-refractivity contribution in [3.05, 3.63) is 57.5 Å². The van der Waals surface area contributed by atoms with Crippen LogP contribution in [0.5, 0.6) is 5.75 Å². The Kier molecular flexibility index (Phi) is 8.94. The Balaban J connectivity index is 2.41. The van der Waals surface area contributed by atoms with Gasteiger partial charge in [-0.05, 0) is 42.8 Å². The zero-order valence-electron chi connectivity index (χ0n) is 18.1. The lowest BCUT2D eigenvalue weighted by Gasteiger charge is -2.31. The fourth-order valence-electron chi connectivity index (χ4n) is 3.05. The molecule has 0 saturated heterocycles. The molecular formula is C21H25BrClN3O5S. The SMILES string of the molecule is CNC(=O)C(C)N(Cc1cccc(Br)c1)C(=O)CN(c1ccc(OC)c(Cl)c1)S(C)(=O)=O. The number of benzene rings is 2. The van der Waals surface area contributed by atoms with Crippen LogP contribution in [0.1, 0.15) is 12.5 Å². The van der Waals surface area contributed by atoms with Crippen LogP contribution in [0.15, 0.2) is 46.9 Å². The van der Waals surface area contributed by atoms with E-state index in [0.717, 1.165) is 20.6 Å². The van der Waals surface area contributed by atoms with Gasteiger partial charge in [0, 0.05) is 18.1 Å². The average Bonchev–Trinajstić information content (AvgIpc) is 2.73. The van der Waals surface area contributed by atoms with E-state index in [1.54, 1.807) is 6.92 Å². The van der Waals surface area contributed by atoms with Crippen LogP contribution in [0.2, 0.25) is 5.02 Å². The summed E-state index contributed by atoms with van der Waals surface area (Å²) in [5.74, 6) is -0.537. The second-order valence-corrected chi connectivity index (χ2v) is 10.3. The summed E-state index contributed by atoms with van der Waals surface area (Å²) in [5.41, 5.74) is 0.989. The average molecular weight is 547 g/mol. The smallest absolute Gasteiger partial charge is 0.244 e. The maximum Gasteiger partial charge on any atom is 0.244 e. The Morgan fingerprint density at radius 1 is 1.22 bits per heavy atom. The van der Waals surface area contributed by atoms with Crippen LogP contribution >= 0.6 is 27.5 Å². The molecule has 1 N–H and O–H groups in total. The fourth-order valence-corrected chi connectivity index (χ4v) is 4.59. The zero-order chi connectivity index (χ0) is 24.1. The first kappa shape index (κ1) is 26.0. The first-order valence-corrected chi connectivity index (χ1v) is 12.6. The Morgan fingerprint density at radius 3 is 2.44 bits per heavy atom. The van der Waals surface area contributed by atoms with E-state index in [0.29, 0.717) is 5.75 Å². The van der Waals surface area contributed by atoms with Crippen LogP contribution in [0.4, 0.5) is 5.69 Å². The number of halogens is 2. The molecule has 0 spiro atoms.